The van der Waals surface area contributed by atoms with Gasteiger partial charge >= 0.3 is 35.5 Å². The molecule has 20 heavy (non-hydrogen) atoms. The van der Waals surface area contributed by atoms with Crippen molar-refractivity contribution < 1.29 is 49.0 Å². The number of aromatic carboxylic acids is 1. The minimum atomic E-state index is -1.31. The molecule has 0 bridgehead atoms. The fraction of sp³-hybridized carbons (Fsp3) is 0.0667. The van der Waals surface area contributed by atoms with Gasteiger partial charge in [-0.15, -0.1) is 0 Å². The summed E-state index contributed by atoms with van der Waals surface area (Å²) in [6.07, 6.45) is 0. The zero-order chi connectivity index (χ0) is 13.8. The van der Waals surface area contributed by atoms with E-state index in [9.17, 15) is 14.7 Å². The largest absolute Gasteiger partial charge is 1.00 e. The van der Waals surface area contributed by atoms with E-state index in [4.69, 9.17) is 4.74 Å². The molecule has 0 aliphatic heterocycles. The SMILES string of the molecule is Cc1ccc(C(=O)Oc2cccc(C(=O)[O-])c2)cc1.[Na+]. The van der Waals surface area contributed by atoms with Crippen LogP contribution < -0.4 is 39.4 Å². The summed E-state index contributed by atoms with van der Waals surface area (Å²) in [4.78, 5) is 22.5. The second-order valence-electron chi connectivity index (χ2n) is 4.07. The van der Waals surface area contributed by atoms with E-state index in [1.807, 2.05) is 6.92 Å². The topological polar surface area (TPSA) is 66.4 Å². The average Bonchev–Trinajstić information content (AvgIpc) is 2.39. The quantitative estimate of drug-likeness (QED) is 0.393. The van der Waals surface area contributed by atoms with Crippen LogP contribution in [-0.2, 0) is 0 Å². The molecule has 0 heterocycles. The fourth-order valence-electron chi connectivity index (χ4n) is 1.54. The van der Waals surface area contributed by atoms with E-state index in [0.29, 0.717) is 5.56 Å². The standard InChI is InChI=1S/C15H12O4.Na/c1-10-5-7-11(8-6-10)15(18)19-13-4-2-3-12(9-13)14(16)17;/h2-9H,1H3,(H,16,17);/q;+1/p-1. The van der Waals surface area contributed by atoms with Crippen LogP contribution in [0.3, 0.4) is 0 Å². The zero-order valence-electron chi connectivity index (χ0n) is 11.3. The van der Waals surface area contributed by atoms with Crippen LogP contribution in [0, 0.1) is 6.92 Å². The van der Waals surface area contributed by atoms with Crippen LogP contribution in [0.4, 0.5) is 0 Å². The Balaban J connectivity index is 0.00000200. The summed E-state index contributed by atoms with van der Waals surface area (Å²) in [5, 5.41) is 10.7. The number of carboxylic acids is 1. The van der Waals surface area contributed by atoms with Gasteiger partial charge in [0.05, 0.1) is 11.5 Å². The van der Waals surface area contributed by atoms with Gasteiger partial charge in [-0.25, -0.2) is 4.79 Å². The van der Waals surface area contributed by atoms with Gasteiger partial charge in [0.25, 0.3) is 0 Å². The minimum absolute atomic E-state index is 0. The first-order valence-corrected chi connectivity index (χ1v) is 5.66. The van der Waals surface area contributed by atoms with E-state index in [1.54, 1.807) is 24.3 Å². The molecule has 0 fully saturated rings. The van der Waals surface area contributed by atoms with Crippen molar-refractivity contribution in [2.75, 3.05) is 0 Å². The number of carbonyl (C=O) groups excluding carboxylic acids is 2. The van der Waals surface area contributed by atoms with Gasteiger partial charge in [0.2, 0.25) is 0 Å². The summed E-state index contributed by atoms with van der Waals surface area (Å²) in [5.41, 5.74) is 1.41. The second-order valence-corrected chi connectivity index (χ2v) is 4.07. The average molecular weight is 278 g/mol. The van der Waals surface area contributed by atoms with Crippen LogP contribution in [0.15, 0.2) is 48.5 Å². The van der Waals surface area contributed by atoms with Gasteiger partial charge in [0.15, 0.2) is 0 Å². The first-order valence-electron chi connectivity index (χ1n) is 5.66. The number of hydrogen-bond acceptors (Lipinski definition) is 4. The Morgan fingerprint density at radius 1 is 1.00 bits per heavy atom. The molecule has 96 valence electrons. The third-order valence-electron chi connectivity index (χ3n) is 2.57. The van der Waals surface area contributed by atoms with E-state index < -0.39 is 11.9 Å². The molecule has 0 aliphatic rings. The maximum absolute atomic E-state index is 11.8. The monoisotopic (exact) mass is 278 g/mol. The van der Waals surface area contributed by atoms with Crippen LogP contribution in [-0.4, -0.2) is 11.9 Å². The number of carboxylic acid groups (broad SMARTS) is 1. The van der Waals surface area contributed by atoms with Crippen LogP contribution in [0.2, 0.25) is 0 Å². The number of rotatable bonds is 3. The summed E-state index contributed by atoms with van der Waals surface area (Å²) in [5.74, 6) is -1.67. The van der Waals surface area contributed by atoms with Crippen molar-refractivity contribution in [3.63, 3.8) is 0 Å². The van der Waals surface area contributed by atoms with Gasteiger partial charge in [-0.3, -0.25) is 0 Å². The number of benzene rings is 2. The molecule has 2 aromatic carbocycles. The van der Waals surface area contributed by atoms with Gasteiger partial charge in [-0.05, 0) is 31.2 Å². The van der Waals surface area contributed by atoms with Crippen molar-refractivity contribution in [1.82, 2.24) is 0 Å². The molecule has 0 aliphatic carbocycles. The molecule has 0 saturated carbocycles. The summed E-state index contributed by atoms with van der Waals surface area (Å²) < 4.78 is 5.10. The molecule has 0 unspecified atom stereocenters. The normalized spacial score (nSPS) is 9.45. The summed E-state index contributed by atoms with van der Waals surface area (Å²) in [7, 11) is 0. The first-order chi connectivity index (χ1) is 9.06. The van der Waals surface area contributed by atoms with Crippen molar-refractivity contribution in [1.29, 1.82) is 0 Å². The number of aryl methyl sites for hydroxylation is 1. The third kappa shape index (κ3) is 4.20. The number of carbonyl (C=O) groups is 2. The van der Waals surface area contributed by atoms with Gasteiger partial charge in [0.1, 0.15) is 5.75 Å². The maximum atomic E-state index is 11.8. The number of hydrogen-bond donors (Lipinski definition) is 0. The van der Waals surface area contributed by atoms with Gasteiger partial charge in [0, 0.05) is 5.56 Å². The van der Waals surface area contributed by atoms with E-state index >= 15 is 0 Å². The molecule has 0 atom stereocenters. The molecule has 2 rings (SSSR count). The zero-order valence-corrected chi connectivity index (χ0v) is 13.3. The molecule has 0 amide bonds. The predicted molar refractivity (Wildman–Crippen MR) is 66.9 cm³/mol. The fourth-order valence-corrected chi connectivity index (χ4v) is 1.54. The molecule has 4 nitrogen and oxygen atoms in total. The smallest absolute Gasteiger partial charge is 0.545 e. The molecule has 0 saturated heterocycles. The molecule has 5 heteroatoms. The Morgan fingerprint density at radius 3 is 2.25 bits per heavy atom. The molecule has 0 N–H and O–H groups in total. The van der Waals surface area contributed by atoms with Crippen molar-refractivity contribution in [2.24, 2.45) is 0 Å². The van der Waals surface area contributed by atoms with Gasteiger partial charge in [-0.1, -0.05) is 29.8 Å². The molecular formula is C15H11NaO4. The Kier molecular flexibility index (Phi) is 5.95. The van der Waals surface area contributed by atoms with Crippen molar-refractivity contribution in [3.05, 3.63) is 65.2 Å². The van der Waals surface area contributed by atoms with E-state index in [0.717, 1.165) is 5.56 Å². The first kappa shape index (κ1) is 16.4. The van der Waals surface area contributed by atoms with Crippen molar-refractivity contribution in [2.45, 2.75) is 6.92 Å². The van der Waals surface area contributed by atoms with Crippen LogP contribution in [0.25, 0.3) is 0 Å². The summed E-state index contributed by atoms with van der Waals surface area (Å²) in [6.45, 7) is 1.92. The van der Waals surface area contributed by atoms with Crippen LogP contribution in [0.5, 0.6) is 5.75 Å². The minimum Gasteiger partial charge on any atom is -0.545 e. The van der Waals surface area contributed by atoms with Crippen LogP contribution >= 0.6 is 0 Å². The van der Waals surface area contributed by atoms with Crippen LogP contribution in [0.1, 0.15) is 26.3 Å². The molecule has 0 spiro atoms. The Morgan fingerprint density at radius 2 is 1.65 bits per heavy atom. The third-order valence-corrected chi connectivity index (χ3v) is 2.57. The molecule has 0 radical (unpaired) electrons. The molecule has 0 aromatic heterocycles. The molecule has 2 aromatic rings. The summed E-state index contributed by atoms with van der Waals surface area (Å²) in [6, 6.07) is 12.5. The predicted octanol–water partition coefficient (Wildman–Crippen LogP) is -1.42. The number of esters is 1. The Hall–Kier alpha value is -1.62. The molecular weight excluding hydrogens is 267 g/mol. The Bertz CT molecular complexity index is 620. The van der Waals surface area contributed by atoms with E-state index in [2.05, 4.69) is 0 Å². The van der Waals surface area contributed by atoms with E-state index in [1.165, 1.54) is 24.3 Å². The summed E-state index contributed by atoms with van der Waals surface area (Å²) >= 11 is 0. The second kappa shape index (κ2) is 7.24. The van der Waals surface area contributed by atoms with E-state index in [-0.39, 0.29) is 40.9 Å². The van der Waals surface area contributed by atoms with Gasteiger partial charge in [-0.2, -0.15) is 0 Å². The van der Waals surface area contributed by atoms with Crippen molar-refractivity contribution in [3.8, 4) is 5.75 Å². The maximum Gasteiger partial charge on any atom is 1.00 e. The van der Waals surface area contributed by atoms with Gasteiger partial charge < -0.3 is 14.6 Å². The Labute approximate surface area is 138 Å². The van der Waals surface area contributed by atoms with Crippen molar-refractivity contribution >= 4 is 11.9 Å². The number of ether oxygens (including phenoxy) is 1.